The quantitative estimate of drug-likeness (QED) is 0.755. The van der Waals surface area contributed by atoms with Gasteiger partial charge >= 0.3 is 0 Å². The molecule has 100 valence electrons. The molecule has 1 unspecified atom stereocenters. The van der Waals surface area contributed by atoms with Gasteiger partial charge in [0.2, 0.25) is 0 Å². The summed E-state index contributed by atoms with van der Waals surface area (Å²) < 4.78 is 0. The highest BCUT2D eigenvalue weighted by atomic mass is 14.7. The minimum absolute atomic E-state index is 0.220. The monoisotopic (exact) mass is 269 g/mol. The maximum absolute atomic E-state index is 4.80. The molecule has 1 aliphatic carbocycles. The van der Waals surface area contributed by atoms with Gasteiger partial charge in [-0.25, -0.2) is 0 Å². The molecule has 1 aliphatic heterocycles. The van der Waals surface area contributed by atoms with E-state index < -0.39 is 0 Å². The highest BCUT2D eigenvalue weighted by Crippen LogP contribution is 2.25. The topological polar surface area (TPSA) is 12.4 Å². The number of hydrogen-bond donors (Lipinski definition) is 0. The van der Waals surface area contributed by atoms with Gasteiger partial charge in [-0.2, -0.15) is 0 Å². The fraction of sp³-hybridized carbons (Fsp3) is 0.0500. The van der Waals surface area contributed by atoms with Gasteiger partial charge in [0.25, 0.3) is 0 Å². The molecule has 0 saturated heterocycles. The fourth-order valence-electron chi connectivity index (χ4n) is 2.99. The van der Waals surface area contributed by atoms with E-state index in [4.69, 9.17) is 4.99 Å². The van der Waals surface area contributed by atoms with Gasteiger partial charge in [-0.3, -0.25) is 4.99 Å². The highest BCUT2D eigenvalue weighted by molar-refractivity contribution is 6.10. The van der Waals surface area contributed by atoms with Gasteiger partial charge in [0.15, 0.2) is 0 Å². The van der Waals surface area contributed by atoms with Crippen molar-refractivity contribution in [2.45, 2.75) is 0 Å². The third-order valence-electron chi connectivity index (χ3n) is 4.00. The van der Waals surface area contributed by atoms with Crippen LogP contribution in [0.15, 0.2) is 83.9 Å². The summed E-state index contributed by atoms with van der Waals surface area (Å²) in [4.78, 5) is 4.80. The summed E-state index contributed by atoms with van der Waals surface area (Å²) in [5.74, 6) is 0.220. The second-order valence-electron chi connectivity index (χ2n) is 5.27. The van der Waals surface area contributed by atoms with E-state index in [1.807, 2.05) is 12.3 Å². The third-order valence-corrected chi connectivity index (χ3v) is 4.00. The molecule has 2 aromatic rings. The fourth-order valence-corrected chi connectivity index (χ4v) is 2.99. The summed E-state index contributed by atoms with van der Waals surface area (Å²) in [7, 11) is 0. The molecule has 0 spiro atoms. The summed E-state index contributed by atoms with van der Waals surface area (Å²) in [6, 6.07) is 18.9. The molecule has 4 rings (SSSR count). The van der Waals surface area contributed by atoms with Gasteiger partial charge < -0.3 is 0 Å². The third kappa shape index (κ3) is 2.07. The van der Waals surface area contributed by atoms with Crippen LogP contribution in [0.1, 0.15) is 5.56 Å². The molecule has 1 nitrogen and oxygen atoms in total. The summed E-state index contributed by atoms with van der Waals surface area (Å²) in [6.45, 7) is 0. The number of nitrogens with zero attached hydrogens (tertiary/aromatic N) is 1. The predicted octanol–water partition coefficient (Wildman–Crippen LogP) is 2.82. The first-order chi connectivity index (χ1) is 10.4. The zero-order chi connectivity index (χ0) is 14.1. The largest absolute Gasteiger partial charge is 0.259 e. The minimum atomic E-state index is 0.220. The lowest BCUT2D eigenvalue weighted by atomic mass is 9.85. The lowest BCUT2D eigenvalue weighted by Gasteiger charge is -2.19. The van der Waals surface area contributed by atoms with Crippen LogP contribution in [-0.2, 0) is 0 Å². The Morgan fingerprint density at radius 1 is 0.810 bits per heavy atom. The van der Waals surface area contributed by atoms with Gasteiger partial charge in [-0.15, -0.1) is 0 Å². The lowest BCUT2D eigenvalue weighted by molar-refractivity contribution is 1.14. The van der Waals surface area contributed by atoms with Crippen LogP contribution in [0.3, 0.4) is 0 Å². The van der Waals surface area contributed by atoms with Crippen molar-refractivity contribution < 1.29 is 0 Å². The molecule has 0 aromatic heterocycles. The van der Waals surface area contributed by atoms with Crippen molar-refractivity contribution in [3.05, 3.63) is 94.9 Å². The molecule has 0 amide bonds. The minimum Gasteiger partial charge on any atom is -0.259 e. The van der Waals surface area contributed by atoms with E-state index in [0.29, 0.717) is 0 Å². The first kappa shape index (κ1) is 12.1. The first-order valence-corrected chi connectivity index (χ1v) is 7.21. The summed E-state index contributed by atoms with van der Waals surface area (Å²) in [6.07, 6.45) is 10.7. The van der Waals surface area contributed by atoms with Crippen molar-refractivity contribution in [1.29, 1.82) is 0 Å². The van der Waals surface area contributed by atoms with Crippen LogP contribution in [0.2, 0.25) is 0 Å². The van der Waals surface area contributed by atoms with Crippen LogP contribution < -0.4 is 10.4 Å². The molecular formula is C20H15N. The molecule has 0 saturated carbocycles. The number of rotatable bonds is 1. The van der Waals surface area contributed by atoms with Gasteiger partial charge in [-0.05, 0) is 16.4 Å². The van der Waals surface area contributed by atoms with Crippen molar-refractivity contribution in [1.82, 2.24) is 0 Å². The van der Waals surface area contributed by atoms with Crippen LogP contribution in [-0.4, -0.2) is 5.71 Å². The predicted molar refractivity (Wildman–Crippen MR) is 88.3 cm³/mol. The Morgan fingerprint density at radius 2 is 1.62 bits per heavy atom. The summed E-state index contributed by atoms with van der Waals surface area (Å²) in [5.41, 5.74) is 3.62. The molecule has 2 aromatic carbocycles. The number of aliphatic imine (C=N–C) groups is 1. The van der Waals surface area contributed by atoms with Gasteiger partial charge in [0.1, 0.15) is 0 Å². The lowest BCUT2D eigenvalue weighted by Crippen LogP contribution is -2.28. The van der Waals surface area contributed by atoms with E-state index in [1.165, 1.54) is 21.6 Å². The molecule has 2 aliphatic rings. The van der Waals surface area contributed by atoms with Crippen LogP contribution in [0.25, 0.3) is 11.8 Å². The smallest absolute Gasteiger partial charge is 0.0589 e. The zero-order valence-corrected chi connectivity index (χ0v) is 11.6. The van der Waals surface area contributed by atoms with E-state index in [-0.39, 0.29) is 5.92 Å². The summed E-state index contributed by atoms with van der Waals surface area (Å²) >= 11 is 0. The number of benzene rings is 2. The molecule has 1 atom stereocenters. The van der Waals surface area contributed by atoms with Crippen LogP contribution >= 0.6 is 0 Å². The maximum Gasteiger partial charge on any atom is 0.0589 e. The zero-order valence-electron chi connectivity index (χ0n) is 11.6. The molecule has 21 heavy (non-hydrogen) atoms. The molecule has 1 heteroatoms. The number of allylic oxidation sites excluding steroid dienone is 4. The van der Waals surface area contributed by atoms with E-state index in [0.717, 1.165) is 5.71 Å². The van der Waals surface area contributed by atoms with Crippen LogP contribution in [0.5, 0.6) is 0 Å². The second-order valence-corrected chi connectivity index (χ2v) is 5.27. The Hall–Kier alpha value is -2.67. The Kier molecular flexibility index (Phi) is 2.89. The molecule has 0 bridgehead atoms. The number of hydrogen-bond acceptors (Lipinski definition) is 1. The van der Waals surface area contributed by atoms with E-state index in [2.05, 4.69) is 72.8 Å². The van der Waals surface area contributed by atoms with Crippen molar-refractivity contribution in [2.24, 2.45) is 10.9 Å². The average Bonchev–Trinajstić information content (AvgIpc) is 2.73. The van der Waals surface area contributed by atoms with Crippen molar-refractivity contribution in [2.75, 3.05) is 0 Å². The first-order valence-electron chi connectivity index (χ1n) is 7.21. The Bertz CT molecular complexity index is 883. The van der Waals surface area contributed by atoms with Crippen LogP contribution in [0.4, 0.5) is 0 Å². The van der Waals surface area contributed by atoms with Crippen LogP contribution in [0, 0.1) is 5.92 Å². The van der Waals surface area contributed by atoms with Gasteiger partial charge in [0, 0.05) is 17.3 Å². The van der Waals surface area contributed by atoms with Crippen molar-refractivity contribution in [3.63, 3.8) is 0 Å². The molecule has 0 radical (unpaired) electrons. The van der Waals surface area contributed by atoms with Gasteiger partial charge in [0.05, 0.1) is 5.71 Å². The van der Waals surface area contributed by atoms with E-state index in [9.17, 15) is 0 Å². The summed E-state index contributed by atoms with van der Waals surface area (Å²) in [5, 5.41) is 2.46. The molecule has 0 fully saturated rings. The molecule has 1 heterocycles. The normalized spacial score (nSPS) is 19.1. The van der Waals surface area contributed by atoms with E-state index >= 15 is 0 Å². The maximum atomic E-state index is 4.80. The number of fused-ring (bicyclic) bond motifs is 2. The van der Waals surface area contributed by atoms with Gasteiger partial charge in [-0.1, -0.05) is 78.9 Å². The van der Waals surface area contributed by atoms with Crippen molar-refractivity contribution in [3.8, 4) is 0 Å². The second kappa shape index (κ2) is 5.02. The Morgan fingerprint density at radius 3 is 2.52 bits per heavy atom. The molecule has 0 N–H and O–H groups in total. The molecular weight excluding hydrogens is 254 g/mol. The van der Waals surface area contributed by atoms with Crippen molar-refractivity contribution >= 4 is 17.5 Å². The standard InChI is InChI=1S/C20H15N/c1-2-8-15(9-3-1)20-19-13-7-6-12-18(19)17-11-5-4-10-16(17)14-21-20/h1-14,19H. The highest BCUT2D eigenvalue weighted by Gasteiger charge is 2.21. The van der Waals surface area contributed by atoms with E-state index in [1.54, 1.807) is 0 Å². The average molecular weight is 269 g/mol. The SMILES string of the molecule is C1=CC2=c3ccccc3=CN=C(c3ccccc3)C2C=C1. The Labute approximate surface area is 124 Å². The Balaban J connectivity index is 2.02.